The molecule has 4 nitrogen and oxygen atoms in total. The summed E-state index contributed by atoms with van der Waals surface area (Å²) in [6.07, 6.45) is 0. The van der Waals surface area contributed by atoms with Crippen molar-refractivity contribution in [2.45, 2.75) is 0 Å². The second-order valence-corrected chi connectivity index (χ2v) is 4.45. The molecule has 0 aliphatic carbocycles. The molecule has 22 heavy (non-hydrogen) atoms. The van der Waals surface area contributed by atoms with E-state index in [9.17, 15) is 13.6 Å². The third-order valence-corrected chi connectivity index (χ3v) is 3.06. The fourth-order valence-electron chi connectivity index (χ4n) is 1.97. The Balaban J connectivity index is 2.36. The highest BCUT2D eigenvalue weighted by atomic mass is 19.1. The maximum Gasteiger partial charge on any atom is 0.325 e. The largest absolute Gasteiger partial charge is 0.468 e. The highest BCUT2D eigenvalue weighted by molar-refractivity contribution is 6.14. The van der Waals surface area contributed by atoms with Crippen LogP contribution in [0.4, 0.5) is 14.5 Å². The summed E-state index contributed by atoms with van der Waals surface area (Å²) in [5.74, 6) is -2.11. The minimum absolute atomic E-state index is 0.111. The van der Waals surface area contributed by atoms with Gasteiger partial charge in [0.2, 0.25) is 0 Å². The predicted molar refractivity (Wildman–Crippen MR) is 79.2 cm³/mol. The van der Waals surface area contributed by atoms with Crippen LogP contribution in [-0.2, 0) is 9.53 Å². The third kappa shape index (κ3) is 3.28. The van der Waals surface area contributed by atoms with E-state index < -0.39 is 23.2 Å². The van der Waals surface area contributed by atoms with Crippen molar-refractivity contribution in [3.63, 3.8) is 0 Å². The lowest BCUT2D eigenvalue weighted by Gasteiger charge is -2.13. The summed E-state index contributed by atoms with van der Waals surface area (Å²) >= 11 is 0. The van der Waals surface area contributed by atoms with E-state index in [1.807, 2.05) is 0 Å². The number of benzene rings is 2. The molecule has 6 heteroatoms. The zero-order chi connectivity index (χ0) is 16.1. The van der Waals surface area contributed by atoms with Crippen molar-refractivity contribution in [2.75, 3.05) is 19.0 Å². The van der Waals surface area contributed by atoms with Crippen LogP contribution in [-0.4, -0.2) is 25.3 Å². The molecule has 0 heterocycles. The number of esters is 1. The zero-order valence-corrected chi connectivity index (χ0v) is 11.8. The first-order valence-electron chi connectivity index (χ1n) is 6.47. The lowest BCUT2D eigenvalue weighted by molar-refractivity contribution is -0.138. The Hall–Kier alpha value is -2.76. The van der Waals surface area contributed by atoms with E-state index in [0.717, 1.165) is 12.1 Å². The van der Waals surface area contributed by atoms with E-state index in [0.29, 0.717) is 5.69 Å². The summed E-state index contributed by atoms with van der Waals surface area (Å²) < 4.78 is 32.1. The van der Waals surface area contributed by atoms with Crippen molar-refractivity contribution in [1.82, 2.24) is 0 Å². The Morgan fingerprint density at radius 2 is 1.77 bits per heavy atom. The summed E-state index contributed by atoms with van der Waals surface area (Å²) in [6.45, 7) is -0.111. The third-order valence-electron chi connectivity index (χ3n) is 3.06. The van der Waals surface area contributed by atoms with Crippen LogP contribution in [0.3, 0.4) is 0 Å². The zero-order valence-electron chi connectivity index (χ0n) is 11.8. The predicted octanol–water partition coefficient (Wildman–Crippen LogP) is 2.97. The van der Waals surface area contributed by atoms with Gasteiger partial charge in [0.15, 0.2) is 0 Å². The average molecular weight is 304 g/mol. The molecule has 2 aromatic rings. The lowest BCUT2D eigenvalue weighted by Crippen LogP contribution is -2.17. The Morgan fingerprint density at radius 3 is 2.41 bits per heavy atom. The first-order valence-corrected chi connectivity index (χ1v) is 6.47. The molecule has 0 amide bonds. The smallest absolute Gasteiger partial charge is 0.325 e. The number of hydrogen-bond donors (Lipinski definition) is 2. The number of methoxy groups -OCH3 is 1. The molecule has 0 saturated carbocycles. The number of nitrogens with one attached hydrogen (secondary N) is 2. The minimum atomic E-state index is -0.812. The molecule has 0 atom stereocenters. The van der Waals surface area contributed by atoms with Crippen LogP contribution in [0.2, 0.25) is 0 Å². The Kier molecular flexibility index (Phi) is 4.83. The minimum Gasteiger partial charge on any atom is -0.468 e. The number of rotatable bonds is 5. The van der Waals surface area contributed by atoms with Gasteiger partial charge in [0.25, 0.3) is 0 Å². The first kappa shape index (κ1) is 15.6. The van der Waals surface area contributed by atoms with Crippen LogP contribution >= 0.6 is 0 Å². The molecule has 0 spiro atoms. The van der Waals surface area contributed by atoms with Gasteiger partial charge in [0, 0.05) is 11.3 Å². The van der Waals surface area contributed by atoms with Gasteiger partial charge in [0.1, 0.15) is 18.2 Å². The summed E-state index contributed by atoms with van der Waals surface area (Å²) in [7, 11) is 1.26. The maximum absolute atomic E-state index is 13.8. The van der Waals surface area contributed by atoms with Crippen molar-refractivity contribution < 1.29 is 18.3 Å². The molecule has 114 valence electrons. The number of anilines is 1. The number of carbonyl (C=O) groups excluding carboxylic acids is 1. The van der Waals surface area contributed by atoms with Crippen molar-refractivity contribution in [2.24, 2.45) is 0 Å². The van der Waals surface area contributed by atoms with Crippen LogP contribution in [0, 0.1) is 17.0 Å². The van der Waals surface area contributed by atoms with Gasteiger partial charge in [-0.3, -0.25) is 10.2 Å². The van der Waals surface area contributed by atoms with Crippen LogP contribution < -0.4 is 5.32 Å². The average Bonchev–Trinajstić information content (AvgIpc) is 2.52. The van der Waals surface area contributed by atoms with E-state index in [2.05, 4.69) is 10.1 Å². The molecule has 0 aliphatic heterocycles. The lowest BCUT2D eigenvalue weighted by atomic mass is 9.99. The molecule has 2 aromatic carbocycles. The van der Waals surface area contributed by atoms with E-state index >= 15 is 0 Å². The standard InChI is InChI=1S/C16H14F2N2O2/c1-22-14(21)9-20-13-8-3-2-5-10(13)16(19)15-11(17)6-4-7-12(15)18/h2-8,19-20H,9H2,1H3. The van der Waals surface area contributed by atoms with E-state index in [1.165, 1.54) is 13.2 Å². The first-order chi connectivity index (χ1) is 10.5. The van der Waals surface area contributed by atoms with Gasteiger partial charge in [0.05, 0.1) is 18.4 Å². The summed E-state index contributed by atoms with van der Waals surface area (Å²) in [4.78, 5) is 11.2. The molecule has 2 N–H and O–H groups in total. The molecule has 0 radical (unpaired) electrons. The van der Waals surface area contributed by atoms with E-state index in [1.54, 1.807) is 24.3 Å². The number of hydrogen-bond acceptors (Lipinski definition) is 4. The molecule has 0 bridgehead atoms. The van der Waals surface area contributed by atoms with Crippen molar-refractivity contribution in [3.05, 3.63) is 65.2 Å². The molecular formula is C16H14F2N2O2. The van der Waals surface area contributed by atoms with Gasteiger partial charge in [-0.25, -0.2) is 8.78 Å². The summed E-state index contributed by atoms with van der Waals surface area (Å²) in [5.41, 5.74) is -0.00524. The number of ether oxygens (including phenoxy) is 1. The van der Waals surface area contributed by atoms with E-state index in [4.69, 9.17) is 5.41 Å². The van der Waals surface area contributed by atoms with Gasteiger partial charge in [-0.2, -0.15) is 0 Å². The van der Waals surface area contributed by atoms with Crippen molar-refractivity contribution in [3.8, 4) is 0 Å². The molecule has 2 rings (SSSR count). The van der Waals surface area contributed by atoms with Crippen LogP contribution in [0.5, 0.6) is 0 Å². The maximum atomic E-state index is 13.8. The molecule has 0 aromatic heterocycles. The Bertz CT molecular complexity index is 697. The van der Waals surface area contributed by atoms with Gasteiger partial charge in [-0.15, -0.1) is 0 Å². The second-order valence-electron chi connectivity index (χ2n) is 4.45. The number of carbonyl (C=O) groups is 1. The van der Waals surface area contributed by atoms with Crippen molar-refractivity contribution in [1.29, 1.82) is 5.41 Å². The summed E-state index contributed by atoms with van der Waals surface area (Å²) in [5, 5.41) is 10.9. The highest BCUT2D eigenvalue weighted by Gasteiger charge is 2.18. The van der Waals surface area contributed by atoms with Gasteiger partial charge < -0.3 is 10.1 Å². The second kappa shape index (κ2) is 6.80. The topological polar surface area (TPSA) is 62.2 Å². The highest BCUT2D eigenvalue weighted by Crippen LogP contribution is 2.22. The monoisotopic (exact) mass is 304 g/mol. The van der Waals surface area contributed by atoms with Crippen LogP contribution in [0.25, 0.3) is 0 Å². The van der Waals surface area contributed by atoms with Gasteiger partial charge in [-0.05, 0) is 18.2 Å². The number of para-hydroxylation sites is 1. The van der Waals surface area contributed by atoms with Gasteiger partial charge in [-0.1, -0.05) is 24.3 Å². The molecule has 0 aliphatic rings. The Morgan fingerprint density at radius 1 is 1.14 bits per heavy atom. The molecular weight excluding hydrogens is 290 g/mol. The number of halogens is 2. The quantitative estimate of drug-likeness (QED) is 0.659. The van der Waals surface area contributed by atoms with Crippen molar-refractivity contribution >= 4 is 17.4 Å². The van der Waals surface area contributed by atoms with Crippen LogP contribution in [0.15, 0.2) is 42.5 Å². The van der Waals surface area contributed by atoms with E-state index in [-0.39, 0.29) is 17.8 Å². The normalized spacial score (nSPS) is 10.1. The molecule has 0 saturated heterocycles. The SMILES string of the molecule is COC(=O)CNc1ccccc1C(=N)c1c(F)cccc1F. The van der Waals surface area contributed by atoms with Gasteiger partial charge >= 0.3 is 5.97 Å². The van der Waals surface area contributed by atoms with Crippen LogP contribution in [0.1, 0.15) is 11.1 Å². The Labute approximate surface area is 126 Å². The summed E-state index contributed by atoms with van der Waals surface area (Å²) in [6, 6.07) is 9.93. The fraction of sp³-hybridized carbons (Fsp3) is 0.125. The fourth-order valence-corrected chi connectivity index (χ4v) is 1.97. The molecule has 0 fully saturated rings. The molecule has 0 unspecified atom stereocenters.